The lowest BCUT2D eigenvalue weighted by atomic mass is 9.85. The Morgan fingerprint density at radius 3 is 1.68 bits per heavy atom. The van der Waals surface area contributed by atoms with Gasteiger partial charge in [-0.15, -0.1) is 0 Å². The molecule has 212 valence electrons. The Kier molecular flexibility index (Phi) is 6.99. The SMILES string of the molecule is CC(C)(C)c1ccc(-c2cc(-c3nccc(-c4nc(-c5ccccc5)nc(-c5ccccc5)n4)n3)cc3ccccc23)cc1. The van der Waals surface area contributed by atoms with Crippen molar-refractivity contribution >= 4 is 10.8 Å². The van der Waals surface area contributed by atoms with Gasteiger partial charge in [0.15, 0.2) is 23.3 Å². The van der Waals surface area contributed by atoms with E-state index in [9.17, 15) is 0 Å². The molecule has 7 rings (SSSR count). The molecule has 2 heterocycles. The molecular weight excluding hydrogens is 538 g/mol. The molecule has 0 bridgehead atoms. The normalized spacial score (nSPS) is 11.5. The Hall–Kier alpha value is -5.55. The van der Waals surface area contributed by atoms with Gasteiger partial charge in [0.25, 0.3) is 0 Å². The molecule has 44 heavy (non-hydrogen) atoms. The van der Waals surface area contributed by atoms with Gasteiger partial charge in [-0.1, -0.05) is 130 Å². The molecule has 0 atom stereocenters. The van der Waals surface area contributed by atoms with Gasteiger partial charge >= 0.3 is 0 Å². The summed E-state index contributed by atoms with van der Waals surface area (Å²) in [7, 11) is 0. The largest absolute Gasteiger partial charge is 0.237 e. The molecule has 0 N–H and O–H groups in total. The second kappa shape index (κ2) is 11.3. The van der Waals surface area contributed by atoms with E-state index in [-0.39, 0.29) is 5.41 Å². The van der Waals surface area contributed by atoms with Crippen LogP contribution < -0.4 is 0 Å². The van der Waals surface area contributed by atoms with Gasteiger partial charge in [0.2, 0.25) is 0 Å². The van der Waals surface area contributed by atoms with Gasteiger partial charge in [0.1, 0.15) is 5.69 Å². The first kappa shape index (κ1) is 27.3. The molecule has 0 aliphatic heterocycles. The van der Waals surface area contributed by atoms with Crippen LogP contribution in [0.5, 0.6) is 0 Å². The lowest BCUT2D eigenvalue weighted by Gasteiger charge is -2.19. The number of rotatable bonds is 5. The van der Waals surface area contributed by atoms with Crippen molar-refractivity contribution in [3.63, 3.8) is 0 Å². The third kappa shape index (κ3) is 5.48. The highest BCUT2D eigenvalue weighted by Crippen LogP contribution is 2.35. The first-order valence-electron chi connectivity index (χ1n) is 14.8. The second-order valence-corrected chi connectivity index (χ2v) is 11.9. The molecule has 0 fully saturated rings. The van der Waals surface area contributed by atoms with E-state index >= 15 is 0 Å². The number of fused-ring (bicyclic) bond motifs is 1. The first-order valence-corrected chi connectivity index (χ1v) is 14.8. The Balaban J connectivity index is 1.35. The van der Waals surface area contributed by atoms with E-state index in [0.717, 1.165) is 33.2 Å². The monoisotopic (exact) mass is 569 g/mol. The summed E-state index contributed by atoms with van der Waals surface area (Å²) in [5, 5.41) is 2.32. The van der Waals surface area contributed by atoms with Crippen molar-refractivity contribution in [1.29, 1.82) is 0 Å². The molecule has 5 aromatic carbocycles. The highest BCUT2D eigenvalue weighted by molar-refractivity contribution is 5.99. The number of aromatic nitrogens is 5. The first-order chi connectivity index (χ1) is 21.4. The van der Waals surface area contributed by atoms with Gasteiger partial charge in [-0.25, -0.2) is 24.9 Å². The molecular formula is C39H31N5. The molecule has 2 aromatic heterocycles. The average molecular weight is 570 g/mol. The van der Waals surface area contributed by atoms with Gasteiger partial charge in [-0.3, -0.25) is 0 Å². The van der Waals surface area contributed by atoms with Crippen molar-refractivity contribution in [3.05, 3.63) is 139 Å². The fourth-order valence-corrected chi connectivity index (χ4v) is 5.37. The number of nitrogens with zero attached hydrogens (tertiary/aromatic N) is 5. The lowest BCUT2D eigenvalue weighted by molar-refractivity contribution is 0.590. The quantitative estimate of drug-likeness (QED) is 0.207. The van der Waals surface area contributed by atoms with Crippen LogP contribution in [0.25, 0.3) is 67.6 Å². The van der Waals surface area contributed by atoms with Crippen LogP contribution >= 0.6 is 0 Å². The van der Waals surface area contributed by atoms with Gasteiger partial charge in [0, 0.05) is 22.9 Å². The highest BCUT2D eigenvalue weighted by Gasteiger charge is 2.17. The second-order valence-electron chi connectivity index (χ2n) is 11.9. The van der Waals surface area contributed by atoms with Gasteiger partial charge < -0.3 is 0 Å². The molecule has 0 unspecified atom stereocenters. The van der Waals surface area contributed by atoms with Crippen molar-refractivity contribution in [3.8, 4) is 56.8 Å². The van der Waals surface area contributed by atoms with Gasteiger partial charge in [-0.2, -0.15) is 0 Å². The lowest BCUT2D eigenvalue weighted by Crippen LogP contribution is -2.10. The Bertz CT molecular complexity index is 2020. The number of benzene rings is 5. The Labute approximate surface area is 257 Å². The molecule has 0 amide bonds. The van der Waals surface area contributed by atoms with Crippen LogP contribution in [0.2, 0.25) is 0 Å². The molecule has 0 aliphatic rings. The zero-order chi connectivity index (χ0) is 30.1. The van der Waals surface area contributed by atoms with Crippen LogP contribution in [-0.2, 0) is 5.41 Å². The minimum absolute atomic E-state index is 0.0898. The Morgan fingerprint density at radius 1 is 0.455 bits per heavy atom. The third-order valence-corrected chi connectivity index (χ3v) is 7.77. The molecule has 0 spiro atoms. The summed E-state index contributed by atoms with van der Waals surface area (Å²) in [4.78, 5) is 24.3. The minimum atomic E-state index is 0.0898. The van der Waals surface area contributed by atoms with E-state index in [0.29, 0.717) is 29.0 Å². The topological polar surface area (TPSA) is 64.5 Å². The minimum Gasteiger partial charge on any atom is -0.237 e. The summed E-state index contributed by atoms with van der Waals surface area (Å²) in [6.45, 7) is 6.71. The number of hydrogen-bond donors (Lipinski definition) is 0. The zero-order valence-corrected chi connectivity index (χ0v) is 24.9. The summed E-state index contributed by atoms with van der Waals surface area (Å²) in [5.74, 6) is 2.31. The maximum absolute atomic E-state index is 5.01. The van der Waals surface area contributed by atoms with Gasteiger partial charge in [0.05, 0.1) is 0 Å². The van der Waals surface area contributed by atoms with Crippen molar-refractivity contribution in [1.82, 2.24) is 24.9 Å². The average Bonchev–Trinajstić information content (AvgIpc) is 3.08. The molecule has 7 aromatic rings. The van der Waals surface area contributed by atoms with Crippen molar-refractivity contribution in [2.24, 2.45) is 0 Å². The van der Waals surface area contributed by atoms with Crippen molar-refractivity contribution in [2.45, 2.75) is 26.2 Å². The van der Waals surface area contributed by atoms with Crippen molar-refractivity contribution in [2.75, 3.05) is 0 Å². The van der Waals surface area contributed by atoms with E-state index in [4.69, 9.17) is 24.9 Å². The van der Waals surface area contributed by atoms with Crippen LogP contribution in [0.15, 0.2) is 134 Å². The summed E-state index contributed by atoms with van der Waals surface area (Å²) in [6, 6.07) is 43.5. The fraction of sp³-hybridized carbons (Fsp3) is 0.103. The maximum Gasteiger partial charge on any atom is 0.182 e. The van der Waals surface area contributed by atoms with Crippen LogP contribution in [0.1, 0.15) is 26.3 Å². The fourth-order valence-electron chi connectivity index (χ4n) is 5.37. The molecule has 0 saturated carbocycles. The summed E-state index contributed by atoms with van der Waals surface area (Å²) in [5.41, 5.74) is 7.09. The molecule has 0 saturated heterocycles. The van der Waals surface area contributed by atoms with E-state index < -0.39 is 0 Å². The zero-order valence-electron chi connectivity index (χ0n) is 24.9. The van der Waals surface area contributed by atoms with E-state index in [1.54, 1.807) is 6.20 Å². The van der Waals surface area contributed by atoms with Crippen LogP contribution in [0.3, 0.4) is 0 Å². The third-order valence-electron chi connectivity index (χ3n) is 7.77. The van der Waals surface area contributed by atoms with E-state index in [1.165, 1.54) is 10.9 Å². The standard InChI is InChI=1S/C39H31N5/c1-39(2,3)31-20-18-26(19-21-31)33-25-30(24-29-16-10-11-17-32(29)33)35-40-23-22-34(41-35)38-43-36(27-12-6-4-7-13-27)42-37(44-38)28-14-8-5-9-15-28/h4-25H,1-3H3. The maximum atomic E-state index is 5.01. The Morgan fingerprint density at radius 2 is 1.05 bits per heavy atom. The predicted octanol–water partition coefficient (Wildman–Crippen LogP) is 9.45. The van der Waals surface area contributed by atoms with Gasteiger partial charge in [-0.05, 0) is 51.1 Å². The molecule has 0 aliphatic carbocycles. The highest BCUT2D eigenvalue weighted by atomic mass is 15.1. The van der Waals surface area contributed by atoms with Crippen molar-refractivity contribution < 1.29 is 0 Å². The number of hydrogen-bond acceptors (Lipinski definition) is 5. The van der Waals surface area contributed by atoms with E-state index in [2.05, 4.69) is 81.4 Å². The summed E-state index contributed by atoms with van der Waals surface area (Å²) < 4.78 is 0. The molecule has 5 heteroatoms. The smallest absolute Gasteiger partial charge is 0.182 e. The molecule has 0 radical (unpaired) electrons. The van der Waals surface area contributed by atoms with Crippen LogP contribution in [0.4, 0.5) is 0 Å². The van der Waals surface area contributed by atoms with Crippen LogP contribution in [-0.4, -0.2) is 24.9 Å². The predicted molar refractivity (Wildman–Crippen MR) is 179 cm³/mol. The molecule has 5 nitrogen and oxygen atoms in total. The van der Waals surface area contributed by atoms with E-state index in [1.807, 2.05) is 66.7 Å². The van der Waals surface area contributed by atoms with Crippen LogP contribution in [0, 0.1) is 0 Å². The summed E-state index contributed by atoms with van der Waals surface area (Å²) in [6.07, 6.45) is 1.78. The summed E-state index contributed by atoms with van der Waals surface area (Å²) >= 11 is 0.